The Kier molecular flexibility index (Phi) is 5.38. The topological polar surface area (TPSA) is 71.8 Å². The summed E-state index contributed by atoms with van der Waals surface area (Å²) in [6.07, 6.45) is 1.97. The number of rotatable bonds is 5. The number of likely N-dealkylation sites (tertiary alicyclic amines) is 1. The standard InChI is InChI=1S/C19H24N2O4/c1-3-24-19(23)18-15-8-4-5-9-16(15)25-17(18)12-21-10-6-7-14(11-21)20-13(2)22/h4-5,8-9,14H,3,6-7,10-12H2,1-2H3,(H,20,22)/t14-/m0/s1. The Morgan fingerprint density at radius 3 is 2.92 bits per heavy atom. The molecule has 1 atom stereocenters. The fraction of sp³-hybridized carbons (Fsp3) is 0.474. The summed E-state index contributed by atoms with van der Waals surface area (Å²) in [7, 11) is 0. The van der Waals surface area contributed by atoms with E-state index < -0.39 is 0 Å². The fourth-order valence-corrected chi connectivity index (χ4v) is 3.44. The number of ether oxygens (including phenoxy) is 1. The Bertz CT molecular complexity index is 768. The largest absolute Gasteiger partial charge is 0.462 e. The molecule has 0 radical (unpaired) electrons. The predicted molar refractivity (Wildman–Crippen MR) is 94.3 cm³/mol. The average Bonchev–Trinajstić information content (AvgIpc) is 2.92. The maximum Gasteiger partial charge on any atom is 0.342 e. The molecule has 1 saturated heterocycles. The van der Waals surface area contributed by atoms with Crippen LogP contribution in [0.4, 0.5) is 0 Å². The number of amides is 1. The smallest absolute Gasteiger partial charge is 0.342 e. The van der Waals surface area contributed by atoms with Gasteiger partial charge in [0.25, 0.3) is 0 Å². The molecule has 134 valence electrons. The first-order valence-corrected chi connectivity index (χ1v) is 8.75. The molecule has 6 nitrogen and oxygen atoms in total. The van der Waals surface area contributed by atoms with Crippen LogP contribution in [-0.2, 0) is 16.1 Å². The summed E-state index contributed by atoms with van der Waals surface area (Å²) in [6, 6.07) is 7.65. The van der Waals surface area contributed by atoms with Gasteiger partial charge in [0.1, 0.15) is 16.9 Å². The molecule has 3 rings (SSSR count). The van der Waals surface area contributed by atoms with E-state index in [1.807, 2.05) is 24.3 Å². The van der Waals surface area contributed by atoms with Gasteiger partial charge in [0.05, 0.1) is 13.2 Å². The van der Waals surface area contributed by atoms with Gasteiger partial charge < -0.3 is 14.5 Å². The molecule has 1 amide bonds. The van der Waals surface area contributed by atoms with Crippen LogP contribution in [0.3, 0.4) is 0 Å². The first kappa shape index (κ1) is 17.5. The van der Waals surface area contributed by atoms with Gasteiger partial charge in [-0.3, -0.25) is 9.69 Å². The van der Waals surface area contributed by atoms with Crippen LogP contribution < -0.4 is 5.32 Å². The first-order valence-electron chi connectivity index (χ1n) is 8.75. The second-order valence-electron chi connectivity index (χ2n) is 6.39. The van der Waals surface area contributed by atoms with Crippen LogP contribution in [0.25, 0.3) is 11.0 Å². The van der Waals surface area contributed by atoms with Crippen LogP contribution in [0, 0.1) is 0 Å². The van der Waals surface area contributed by atoms with Gasteiger partial charge in [-0.1, -0.05) is 18.2 Å². The van der Waals surface area contributed by atoms with Crippen LogP contribution in [0.15, 0.2) is 28.7 Å². The van der Waals surface area contributed by atoms with Crippen molar-refractivity contribution in [1.29, 1.82) is 0 Å². The highest BCUT2D eigenvalue weighted by molar-refractivity contribution is 6.04. The van der Waals surface area contributed by atoms with Gasteiger partial charge in [-0.15, -0.1) is 0 Å². The highest BCUT2D eigenvalue weighted by Crippen LogP contribution is 2.28. The molecule has 0 bridgehead atoms. The summed E-state index contributed by atoms with van der Waals surface area (Å²) >= 11 is 0. The first-order chi connectivity index (χ1) is 12.1. The van der Waals surface area contributed by atoms with Gasteiger partial charge in [-0.2, -0.15) is 0 Å². The third-order valence-electron chi connectivity index (χ3n) is 4.43. The van der Waals surface area contributed by atoms with Gasteiger partial charge in [-0.05, 0) is 32.4 Å². The molecule has 0 saturated carbocycles. The third kappa shape index (κ3) is 4.02. The molecule has 1 aromatic heterocycles. The highest BCUT2D eigenvalue weighted by Gasteiger charge is 2.26. The van der Waals surface area contributed by atoms with Crippen molar-refractivity contribution in [2.24, 2.45) is 0 Å². The van der Waals surface area contributed by atoms with E-state index in [-0.39, 0.29) is 17.9 Å². The van der Waals surface area contributed by atoms with Crippen LogP contribution in [0.5, 0.6) is 0 Å². The van der Waals surface area contributed by atoms with Crippen molar-refractivity contribution in [2.75, 3.05) is 19.7 Å². The van der Waals surface area contributed by atoms with E-state index in [9.17, 15) is 9.59 Å². The second-order valence-corrected chi connectivity index (χ2v) is 6.39. The molecule has 0 spiro atoms. The van der Waals surface area contributed by atoms with E-state index in [1.54, 1.807) is 6.92 Å². The molecule has 1 N–H and O–H groups in total. The van der Waals surface area contributed by atoms with E-state index in [0.29, 0.717) is 30.1 Å². The van der Waals surface area contributed by atoms with E-state index in [1.165, 1.54) is 6.92 Å². The number of carbonyl (C=O) groups is 2. The molecule has 0 unspecified atom stereocenters. The Labute approximate surface area is 147 Å². The Balaban J connectivity index is 1.84. The fourth-order valence-electron chi connectivity index (χ4n) is 3.44. The van der Waals surface area contributed by atoms with Gasteiger partial charge in [-0.25, -0.2) is 4.79 Å². The summed E-state index contributed by atoms with van der Waals surface area (Å²) < 4.78 is 11.2. The number of furan rings is 1. The van der Waals surface area contributed by atoms with Gasteiger partial charge in [0.2, 0.25) is 5.91 Å². The molecular weight excluding hydrogens is 320 g/mol. The normalized spacial score (nSPS) is 18.2. The van der Waals surface area contributed by atoms with Crippen molar-refractivity contribution >= 4 is 22.8 Å². The van der Waals surface area contributed by atoms with Crippen LogP contribution in [0.2, 0.25) is 0 Å². The number of hydrogen-bond acceptors (Lipinski definition) is 5. The minimum atomic E-state index is -0.349. The number of fused-ring (bicyclic) bond motifs is 1. The predicted octanol–water partition coefficient (Wildman–Crippen LogP) is 2.71. The zero-order valence-corrected chi connectivity index (χ0v) is 14.7. The molecule has 1 aliphatic rings. The lowest BCUT2D eigenvalue weighted by Crippen LogP contribution is -2.46. The van der Waals surface area contributed by atoms with Crippen LogP contribution >= 0.6 is 0 Å². The zero-order valence-electron chi connectivity index (χ0n) is 14.7. The highest BCUT2D eigenvalue weighted by atomic mass is 16.5. The summed E-state index contributed by atoms with van der Waals surface area (Å²) in [5, 5.41) is 3.76. The maximum atomic E-state index is 12.4. The quantitative estimate of drug-likeness (QED) is 0.845. The zero-order chi connectivity index (χ0) is 17.8. The van der Waals surface area contributed by atoms with Crippen LogP contribution in [-0.4, -0.2) is 42.5 Å². The van der Waals surface area contributed by atoms with Crippen molar-refractivity contribution in [3.8, 4) is 0 Å². The minimum Gasteiger partial charge on any atom is -0.462 e. The summed E-state index contributed by atoms with van der Waals surface area (Å²) in [4.78, 5) is 25.9. The summed E-state index contributed by atoms with van der Waals surface area (Å²) in [5.74, 6) is 0.267. The van der Waals surface area contributed by atoms with Crippen molar-refractivity contribution in [2.45, 2.75) is 39.3 Å². The van der Waals surface area contributed by atoms with E-state index in [2.05, 4.69) is 10.2 Å². The monoisotopic (exact) mass is 344 g/mol. The molecule has 2 heterocycles. The number of carbonyl (C=O) groups excluding carboxylic acids is 2. The van der Waals surface area contributed by atoms with Crippen molar-refractivity contribution in [3.63, 3.8) is 0 Å². The van der Waals surface area contributed by atoms with Gasteiger partial charge >= 0.3 is 5.97 Å². The number of nitrogens with zero attached hydrogens (tertiary/aromatic N) is 1. The number of hydrogen-bond donors (Lipinski definition) is 1. The Morgan fingerprint density at radius 1 is 1.36 bits per heavy atom. The van der Waals surface area contributed by atoms with Gasteiger partial charge in [0.15, 0.2) is 0 Å². The van der Waals surface area contributed by atoms with E-state index >= 15 is 0 Å². The average molecular weight is 344 g/mol. The van der Waals surface area contributed by atoms with E-state index in [4.69, 9.17) is 9.15 Å². The number of esters is 1. The summed E-state index contributed by atoms with van der Waals surface area (Å²) in [6.45, 7) is 5.85. The molecular formula is C19H24N2O4. The minimum absolute atomic E-state index is 0.0113. The SMILES string of the molecule is CCOC(=O)c1c(CN2CCC[C@H](NC(C)=O)C2)oc2ccccc12. The number of piperidine rings is 1. The molecule has 1 fully saturated rings. The summed E-state index contributed by atoms with van der Waals surface area (Å²) in [5.41, 5.74) is 1.20. The lowest BCUT2D eigenvalue weighted by Gasteiger charge is -2.32. The molecule has 25 heavy (non-hydrogen) atoms. The number of para-hydroxylation sites is 1. The third-order valence-corrected chi connectivity index (χ3v) is 4.43. The van der Waals surface area contributed by atoms with E-state index in [0.717, 1.165) is 31.3 Å². The molecule has 0 aliphatic carbocycles. The Morgan fingerprint density at radius 2 is 2.16 bits per heavy atom. The number of nitrogens with one attached hydrogen (secondary N) is 1. The second kappa shape index (κ2) is 7.70. The van der Waals surface area contributed by atoms with Crippen molar-refractivity contribution < 1.29 is 18.7 Å². The molecule has 6 heteroatoms. The van der Waals surface area contributed by atoms with Gasteiger partial charge in [0, 0.05) is 24.9 Å². The molecule has 2 aromatic rings. The van der Waals surface area contributed by atoms with Crippen molar-refractivity contribution in [3.05, 3.63) is 35.6 Å². The lowest BCUT2D eigenvalue weighted by molar-refractivity contribution is -0.120. The van der Waals surface area contributed by atoms with Crippen molar-refractivity contribution in [1.82, 2.24) is 10.2 Å². The van der Waals surface area contributed by atoms with Crippen LogP contribution in [0.1, 0.15) is 42.8 Å². The maximum absolute atomic E-state index is 12.4. The molecule has 1 aliphatic heterocycles. The lowest BCUT2D eigenvalue weighted by atomic mass is 10.0. The number of benzene rings is 1. The molecule has 1 aromatic carbocycles. The Hall–Kier alpha value is -2.34.